The van der Waals surface area contributed by atoms with Crippen LogP contribution in [0.5, 0.6) is 23.0 Å². The van der Waals surface area contributed by atoms with Crippen LogP contribution in [-0.4, -0.2) is 49.1 Å². The van der Waals surface area contributed by atoms with Gasteiger partial charge >= 0.3 is 0 Å². The molecule has 0 spiro atoms. The summed E-state index contributed by atoms with van der Waals surface area (Å²) in [5.41, 5.74) is 0.783. The Kier molecular flexibility index (Phi) is 8.60. The summed E-state index contributed by atoms with van der Waals surface area (Å²) in [5.74, 6) is 2.25. The average molecular weight is 536 g/mol. The molecule has 3 rings (SSSR count). The number of nitrogens with zero attached hydrogens (tertiary/aromatic N) is 1. The van der Waals surface area contributed by atoms with E-state index in [0.29, 0.717) is 56.5 Å². The van der Waals surface area contributed by atoms with Gasteiger partial charge in [0.25, 0.3) is 5.91 Å². The number of carbonyl (C=O) groups is 1. The molecule has 1 heterocycles. The van der Waals surface area contributed by atoms with Crippen LogP contribution in [0.15, 0.2) is 58.4 Å². The van der Waals surface area contributed by atoms with Crippen molar-refractivity contribution in [2.24, 2.45) is 0 Å². The van der Waals surface area contributed by atoms with Gasteiger partial charge in [-0.25, -0.2) is 0 Å². The van der Waals surface area contributed by atoms with E-state index in [1.807, 2.05) is 30.3 Å². The number of halogens is 1. The summed E-state index contributed by atoms with van der Waals surface area (Å²) >= 11 is 10.1. The largest absolute Gasteiger partial charge is 0.493 e. The molecular formula is C23H22BrNO5S2. The summed E-state index contributed by atoms with van der Waals surface area (Å²) < 4.78 is 23.6. The molecule has 168 valence electrons. The van der Waals surface area contributed by atoms with Crippen LogP contribution >= 0.6 is 39.9 Å². The number of hydrogen-bond donors (Lipinski definition) is 0. The van der Waals surface area contributed by atoms with E-state index in [2.05, 4.69) is 22.5 Å². The molecule has 2 aromatic rings. The number of amides is 1. The second-order valence-corrected chi connectivity index (χ2v) is 8.99. The lowest BCUT2D eigenvalue weighted by Gasteiger charge is -2.15. The molecule has 0 radical (unpaired) electrons. The third-order valence-corrected chi connectivity index (χ3v) is 6.36. The lowest BCUT2D eigenvalue weighted by Crippen LogP contribution is -2.27. The molecule has 6 nitrogen and oxygen atoms in total. The molecule has 9 heteroatoms. The van der Waals surface area contributed by atoms with Crippen molar-refractivity contribution >= 4 is 56.2 Å². The Balaban J connectivity index is 1.69. The van der Waals surface area contributed by atoms with E-state index in [1.165, 1.54) is 16.7 Å². The van der Waals surface area contributed by atoms with E-state index < -0.39 is 0 Å². The minimum absolute atomic E-state index is 0.135. The molecule has 0 bridgehead atoms. The fraction of sp³-hybridized carbons (Fsp3) is 0.217. The molecule has 1 aliphatic heterocycles. The normalized spacial score (nSPS) is 14.6. The number of thiocarbonyl (C=S) groups is 1. The lowest BCUT2D eigenvalue weighted by molar-refractivity contribution is -0.121. The van der Waals surface area contributed by atoms with E-state index in [0.717, 1.165) is 5.56 Å². The minimum Gasteiger partial charge on any atom is -0.493 e. The van der Waals surface area contributed by atoms with Crippen molar-refractivity contribution in [3.63, 3.8) is 0 Å². The highest BCUT2D eigenvalue weighted by Crippen LogP contribution is 2.39. The highest BCUT2D eigenvalue weighted by atomic mass is 79.9. The fourth-order valence-corrected chi connectivity index (χ4v) is 4.78. The topological polar surface area (TPSA) is 57.2 Å². The summed E-state index contributed by atoms with van der Waals surface area (Å²) in [4.78, 5) is 14.6. The minimum atomic E-state index is -0.135. The Bertz CT molecular complexity index is 1060. The van der Waals surface area contributed by atoms with Crippen molar-refractivity contribution in [1.29, 1.82) is 0 Å². The first-order valence-electron chi connectivity index (χ1n) is 9.61. The Labute approximate surface area is 205 Å². The molecule has 1 saturated heterocycles. The molecule has 32 heavy (non-hydrogen) atoms. The van der Waals surface area contributed by atoms with Gasteiger partial charge in [0.05, 0.1) is 23.6 Å². The second kappa shape index (κ2) is 11.4. The van der Waals surface area contributed by atoms with Crippen molar-refractivity contribution in [3.8, 4) is 23.0 Å². The zero-order chi connectivity index (χ0) is 23.1. The van der Waals surface area contributed by atoms with E-state index in [9.17, 15) is 4.79 Å². The van der Waals surface area contributed by atoms with Crippen LogP contribution < -0.4 is 18.9 Å². The first kappa shape index (κ1) is 24.2. The molecule has 0 N–H and O–H groups in total. The van der Waals surface area contributed by atoms with Gasteiger partial charge in [0.2, 0.25) is 0 Å². The monoisotopic (exact) mass is 535 g/mol. The maximum Gasteiger partial charge on any atom is 0.266 e. The first-order valence-corrected chi connectivity index (χ1v) is 11.6. The van der Waals surface area contributed by atoms with Crippen LogP contribution in [0.25, 0.3) is 6.08 Å². The van der Waals surface area contributed by atoms with E-state index in [4.69, 9.17) is 31.2 Å². The summed E-state index contributed by atoms with van der Waals surface area (Å²) in [6.45, 7) is 4.68. The maximum atomic E-state index is 12.6. The highest BCUT2D eigenvalue weighted by Gasteiger charge is 2.31. The van der Waals surface area contributed by atoms with Gasteiger partial charge in [-0.15, -0.1) is 6.58 Å². The van der Waals surface area contributed by atoms with E-state index >= 15 is 0 Å². The molecule has 1 aliphatic rings. The highest BCUT2D eigenvalue weighted by molar-refractivity contribution is 9.10. The summed E-state index contributed by atoms with van der Waals surface area (Å²) in [6, 6.07) is 11.1. The predicted octanol–water partition coefficient (Wildman–Crippen LogP) is 5.31. The molecule has 0 atom stereocenters. The number of thioether (sulfide) groups is 1. The number of benzene rings is 2. The van der Waals surface area contributed by atoms with Crippen LogP contribution in [-0.2, 0) is 4.79 Å². The molecule has 0 unspecified atom stereocenters. The molecule has 2 aromatic carbocycles. The zero-order valence-electron chi connectivity index (χ0n) is 17.6. The van der Waals surface area contributed by atoms with Crippen molar-refractivity contribution < 1.29 is 23.7 Å². The SMILES string of the molecule is C=CCN1C(=O)/C(=C/c2cc(Br)c(OCCOc3ccccc3OC)c(OC)c2)SC1=S. The van der Waals surface area contributed by atoms with E-state index in [1.54, 1.807) is 32.4 Å². The Morgan fingerprint density at radius 2 is 1.78 bits per heavy atom. The van der Waals surface area contributed by atoms with Gasteiger partial charge < -0.3 is 18.9 Å². The van der Waals surface area contributed by atoms with Crippen molar-refractivity contribution in [2.45, 2.75) is 0 Å². The van der Waals surface area contributed by atoms with Gasteiger partial charge in [0, 0.05) is 6.54 Å². The Morgan fingerprint density at radius 1 is 1.09 bits per heavy atom. The zero-order valence-corrected chi connectivity index (χ0v) is 20.8. The van der Waals surface area contributed by atoms with Gasteiger partial charge in [-0.1, -0.05) is 42.2 Å². The standard InChI is InChI=1S/C23H22BrNO5S2/c1-4-9-25-22(26)20(32-23(25)31)14-15-12-16(24)21(19(13-15)28-3)30-11-10-29-18-8-6-5-7-17(18)27-2/h4-8,12-14H,1,9-11H2,2-3H3/b20-14-. The van der Waals surface area contributed by atoms with Crippen LogP contribution in [0, 0.1) is 0 Å². The average Bonchev–Trinajstić information content (AvgIpc) is 3.05. The number of ether oxygens (including phenoxy) is 4. The molecular weight excluding hydrogens is 514 g/mol. The third kappa shape index (κ3) is 5.65. The molecule has 1 amide bonds. The third-order valence-electron chi connectivity index (χ3n) is 4.39. The van der Waals surface area contributed by atoms with Gasteiger partial charge in [0.15, 0.2) is 23.0 Å². The molecule has 0 aromatic heterocycles. The van der Waals surface area contributed by atoms with Gasteiger partial charge in [-0.3, -0.25) is 9.69 Å². The smallest absolute Gasteiger partial charge is 0.266 e. The Morgan fingerprint density at radius 3 is 2.47 bits per heavy atom. The van der Waals surface area contributed by atoms with Gasteiger partial charge in [-0.2, -0.15) is 0 Å². The number of carbonyl (C=O) groups excluding carboxylic acids is 1. The molecule has 1 fully saturated rings. The number of methoxy groups -OCH3 is 2. The number of rotatable bonds is 10. The van der Waals surface area contributed by atoms with E-state index in [-0.39, 0.29) is 5.91 Å². The lowest BCUT2D eigenvalue weighted by atomic mass is 10.2. The van der Waals surface area contributed by atoms with Crippen molar-refractivity contribution in [1.82, 2.24) is 4.90 Å². The fourth-order valence-electron chi connectivity index (χ4n) is 2.93. The van der Waals surface area contributed by atoms with Crippen LogP contribution in [0.1, 0.15) is 5.56 Å². The Hall–Kier alpha value is -2.49. The number of para-hydroxylation sites is 2. The molecule has 0 saturated carbocycles. The summed E-state index contributed by atoms with van der Waals surface area (Å²) in [5, 5.41) is 0. The van der Waals surface area contributed by atoms with Gasteiger partial charge in [0.1, 0.15) is 17.5 Å². The maximum absolute atomic E-state index is 12.6. The quantitative estimate of drug-likeness (QED) is 0.177. The van der Waals surface area contributed by atoms with Crippen LogP contribution in [0.2, 0.25) is 0 Å². The van der Waals surface area contributed by atoms with Crippen molar-refractivity contribution in [2.75, 3.05) is 34.0 Å². The summed E-state index contributed by atoms with van der Waals surface area (Å²) in [6.07, 6.45) is 3.43. The van der Waals surface area contributed by atoms with Crippen molar-refractivity contribution in [3.05, 3.63) is 64.0 Å². The van der Waals surface area contributed by atoms with Crippen LogP contribution in [0.4, 0.5) is 0 Å². The first-order chi connectivity index (χ1) is 15.5. The van der Waals surface area contributed by atoms with Gasteiger partial charge in [-0.05, 0) is 51.8 Å². The summed E-state index contributed by atoms with van der Waals surface area (Å²) in [7, 11) is 3.16. The molecule has 0 aliphatic carbocycles. The predicted molar refractivity (Wildman–Crippen MR) is 135 cm³/mol. The number of hydrogen-bond acceptors (Lipinski definition) is 7. The van der Waals surface area contributed by atoms with Crippen LogP contribution in [0.3, 0.4) is 0 Å². The second-order valence-electron chi connectivity index (χ2n) is 6.46.